The SMILES string of the molecule is COC(=O)c1ccc(Cl)c(C(=O)c2cc3c(C)cc(C(F)(F)F)cc3n2S(=O)(=O)c2ccccc2)c1Cl. The van der Waals surface area contributed by atoms with Gasteiger partial charge >= 0.3 is 12.1 Å². The van der Waals surface area contributed by atoms with Crippen LogP contribution in [0.1, 0.15) is 37.5 Å². The van der Waals surface area contributed by atoms with Crippen molar-refractivity contribution in [3.05, 3.63) is 98.7 Å². The van der Waals surface area contributed by atoms with E-state index in [0.29, 0.717) is 10.0 Å². The summed E-state index contributed by atoms with van der Waals surface area (Å²) in [5.41, 5.74) is -2.51. The predicted octanol–water partition coefficient (Wildman–Crippen LogP) is 6.53. The Morgan fingerprint density at radius 2 is 1.62 bits per heavy atom. The number of nitrogens with zero attached hydrogens (tertiary/aromatic N) is 1. The Morgan fingerprint density at radius 1 is 0.973 bits per heavy atom. The van der Waals surface area contributed by atoms with Crippen LogP contribution in [0.3, 0.4) is 0 Å². The number of hydrogen-bond acceptors (Lipinski definition) is 5. The van der Waals surface area contributed by atoms with E-state index in [1.807, 2.05) is 0 Å². The van der Waals surface area contributed by atoms with E-state index in [1.54, 1.807) is 6.07 Å². The first-order valence-corrected chi connectivity index (χ1v) is 12.6. The van der Waals surface area contributed by atoms with E-state index in [2.05, 4.69) is 4.74 Å². The number of benzene rings is 3. The van der Waals surface area contributed by atoms with Crippen molar-refractivity contribution in [2.75, 3.05) is 7.11 Å². The molecule has 37 heavy (non-hydrogen) atoms. The van der Waals surface area contributed by atoms with E-state index in [1.165, 1.54) is 43.3 Å². The molecule has 0 aliphatic heterocycles. The van der Waals surface area contributed by atoms with Gasteiger partial charge in [-0.25, -0.2) is 17.2 Å². The Hall–Kier alpha value is -3.34. The topological polar surface area (TPSA) is 82.4 Å². The fourth-order valence-corrected chi connectivity index (χ4v) is 6.03. The zero-order valence-electron chi connectivity index (χ0n) is 19.1. The highest BCUT2D eigenvalue weighted by Gasteiger charge is 2.35. The molecule has 0 radical (unpaired) electrons. The smallest absolute Gasteiger partial charge is 0.416 e. The number of aromatic nitrogens is 1. The van der Waals surface area contributed by atoms with Crippen molar-refractivity contribution >= 4 is 55.9 Å². The van der Waals surface area contributed by atoms with Gasteiger partial charge in [0.1, 0.15) is 5.69 Å². The van der Waals surface area contributed by atoms with Gasteiger partial charge < -0.3 is 4.74 Å². The number of esters is 1. The molecular weight excluding hydrogens is 554 g/mol. The van der Waals surface area contributed by atoms with Crippen molar-refractivity contribution in [2.24, 2.45) is 0 Å². The molecule has 0 amide bonds. The normalized spacial score (nSPS) is 12.1. The number of ether oxygens (including phenoxy) is 1. The highest BCUT2D eigenvalue weighted by molar-refractivity contribution is 7.90. The van der Waals surface area contributed by atoms with Crippen LogP contribution in [0.5, 0.6) is 0 Å². The molecule has 3 aromatic carbocycles. The average molecular weight is 570 g/mol. The van der Waals surface area contributed by atoms with Gasteiger partial charge in [0.2, 0.25) is 5.78 Å². The third-order valence-corrected chi connectivity index (χ3v) is 8.10. The van der Waals surface area contributed by atoms with Gasteiger partial charge in [0, 0.05) is 5.39 Å². The number of ketones is 1. The molecule has 0 aliphatic carbocycles. The second-order valence-corrected chi connectivity index (χ2v) is 10.5. The number of methoxy groups -OCH3 is 1. The van der Waals surface area contributed by atoms with Crippen molar-refractivity contribution in [3.63, 3.8) is 0 Å². The third kappa shape index (κ3) is 4.60. The van der Waals surface area contributed by atoms with Gasteiger partial charge in [-0.2, -0.15) is 13.2 Å². The standard InChI is InChI=1S/C25H16Cl2F3NO5S/c1-13-10-14(25(28,29)30)11-19-17(13)12-20(31(19)37(34,35)15-6-4-3-5-7-15)23(32)21-18(26)9-8-16(22(21)27)24(33)36-2/h3-12H,1-2H3. The molecule has 0 saturated heterocycles. The Labute approximate surface area is 219 Å². The van der Waals surface area contributed by atoms with Crippen molar-refractivity contribution in [3.8, 4) is 0 Å². The zero-order chi connectivity index (χ0) is 27.3. The maximum atomic E-state index is 13.8. The minimum Gasteiger partial charge on any atom is -0.465 e. The number of carbonyl (C=O) groups is 2. The first-order valence-electron chi connectivity index (χ1n) is 10.4. The lowest BCUT2D eigenvalue weighted by atomic mass is 10.0. The van der Waals surface area contributed by atoms with Crippen LogP contribution in [-0.4, -0.2) is 31.3 Å². The van der Waals surface area contributed by atoms with E-state index in [-0.39, 0.29) is 31.9 Å². The quantitative estimate of drug-likeness (QED) is 0.201. The molecule has 192 valence electrons. The first-order chi connectivity index (χ1) is 17.3. The number of hydrogen-bond donors (Lipinski definition) is 0. The summed E-state index contributed by atoms with van der Waals surface area (Å²) in [4.78, 5) is 25.6. The summed E-state index contributed by atoms with van der Waals surface area (Å²) in [6.07, 6.45) is -4.78. The Bertz CT molecular complexity index is 1680. The minimum atomic E-state index is -4.78. The van der Waals surface area contributed by atoms with Crippen LogP contribution in [0.2, 0.25) is 10.0 Å². The number of aryl methyl sites for hydroxylation is 1. The molecule has 1 aromatic heterocycles. The number of carbonyl (C=O) groups excluding carboxylic acids is 2. The highest BCUT2D eigenvalue weighted by atomic mass is 35.5. The van der Waals surface area contributed by atoms with Crippen LogP contribution in [0, 0.1) is 6.92 Å². The lowest BCUT2D eigenvalue weighted by Gasteiger charge is -2.15. The second kappa shape index (κ2) is 9.51. The van der Waals surface area contributed by atoms with Crippen LogP contribution in [0.25, 0.3) is 10.9 Å². The molecule has 0 spiro atoms. The molecule has 0 fully saturated rings. The maximum absolute atomic E-state index is 13.8. The molecule has 0 aliphatic rings. The molecule has 0 saturated carbocycles. The van der Waals surface area contributed by atoms with Gasteiger partial charge in [-0.15, -0.1) is 0 Å². The van der Waals surface area contributed by atoms with E-state index in [4.69, 9.17) is 23.2 Å². The molecular formula is C25H16Cl2F3NO5S. The van der Waals surface area contributed by atoms with Gasteiger partial charge in [-0.1, -0.05) is 41.4 Å². The molecule has 6 nitrogen and oxygen atoms in total. The summed E-state index contributed by atoms with van der Waals surface area (Å²) < 4.78 is 73.5. The van der Waals surface area contributed by atoms with Crippen LogP contribution in [0.4, 0.5) is 13.2 Å². The van der Waals surface area contributed by atoms with Gasteiger partial charge in [0.05, 0.1) is 44.3 Å². The van der Waals surface area contributed by atoms with E-state index >= 15 is 0 Å². The zero-order valence-corrected chi connectivity index (χ0v) is 21.4. The monoisotopic (exact) mass is 569 g/mol. The summed E-state index contributed by atoms with van der Waals surface area (Å²) in [6, 6.07) is 12.0. The van der Waals surface area contributed by atoms with Gasteiger partial charge in [0.15, 0.2) is 0 Å². The summed E-state index contributed by atoms with van der Waals surface area (Å²) in [6.45, 7) is 1.36. The summed E-state index contributed by atoms with van der Waals surface area (Å²) in [5, 5.41) is -0.512. The molecule has 12 heteroatoms. The fourth-order valence-electron chi connectivity index (χ4n) is 3.90. The van der Waals surface area contributed by atoms with E-state index in [0.717, 1.165) is 19.2 Å². The van der Waals surface area contributed by atoms with E-state index < -0.39 is 49.8 Å². The largest absolute Gasteiger partial charge is 0.465 e. The molecule has 1 heterocycles. The second-order valence-electron chi connectivity index (χ2n) is 7.94. The third-order valence-electron chi connectivity index (χ3n) is 5.65. The Morgan fingerprint density at radius 3 is 2.22 bits per heavy atom. The van der Waals surface area contributed by atoms with Crippen molar-refractivity contribution in [1.29, 1.82) is 0 Å². The van der Waals surface area contributed by atoms with Crippen LogP contribution in [-0.2, 0) is 20.9 Å². The molecule has 0 bridgehead atoms. The predicted molar refractivity (Wildman–Crippen MR) is 132 cm³/mol. The number of alkyl halides is 3. The summed E-state index contributed by atoms with van der Waals surface area (Å²) >= 11 is 12.5. The molecule has 0 atom stereocenters. The van der Waals surface area contributed by atoms with Gasteiger partial charge in [0.25, 0.3) is 10.0 Å². The minimum absolute atomic E-state index is 0.0846. The number of fused-ring (bicyclic) bond motifs is 1. The molecule has 4 aromatic rings. The fraction of sp³-hybridized carbons (Fsp3) is 0.120. The summed E-state index contributed by atoms with van der Waals surface area (Å²) in [7, 11) is -3.49. The number of rotatable bonds is 5. The Kier molecular flexibility index (Phi) is 6.87. The van der Waals surface area contributed by atoms with Gasteiger partial charge in [-0.05, 0) is 55.0 Å². The van der Waals surface area contributed by atoms with Crippen LogP contribution < -0.4 is 0 Å². The van der Waals surface area contributed by atoms with Crippen molar-refractivity contribution < 1.29 is 35.9 Å². The van der Waals surface area contributed by atoms with E-state index in [9.17, 15) is 31.2 Å². The highest BCUT2D eigenvalue weighted by Crippen LogP contribution is 2.38. The molecule has 4 rings (SSSR count). The van der Waals surface area contributed by atoms with Crippen LogP contribution >= 0.6 is 23.2 Å². The van der Waals surface area contributed by atoms with Crippen molar-refractivity contribution in [2.45, 2.75) is 18.0 Å². The van der Waals surface area contributed by atoms with Gasteiger partial charge in [-0.3, -0.25) is 4.79 Å². The molecule has 0 N–H and O–H groups in total. The first kappa shape index (κ1) is 26.7. The van der Waals surface area contributed by atoms with Crippen molar-refractivity contribution in [1.82, 2.24) is 3.97 Å². The lowest BCUT2D eigenvalue weighted by Crippen LogP contribution is -2.20. The summed E-state index contributed by atoms with van der Waals surface area (Å²) in [5.74, 6) is -1.90. The lowest BCUT2D eigenvalue weighted by molar-refractivity contribution is -0.137. The molecule has 0 unspecified atom stereocenters. The number of halogens is 5. The maximum Gasteiger partial charge on any atom is 0.416 e. The van der Waals surface area contributed by atoms with Crippen LogP contribution in [0.15, 0.2) is 65.6 Å². The Balaban J connectivity index is 2.11. The average Bonchev–Trinajstić information content (AvgIpc) is 3.25.